The lowest BCUT2D eigenvalue weighted by molar-refractivity contribution is 0.485. The number of rotatable bonds is 6. The average Bonchev–Trinajstić information content (AvgIpc) is 2.90. The first-order valence-electron chi connectivity index (χ1n) is 8.08. The number of unbranched alkanes of at least 4 members (excludes halogenated alkanes) is 1. The second-order valence-corrected chi connectivity index (χ2v) is 7.00. The lowest BCUT2D eigenvalue weighted by Gasteiger charge is -2.22. The van der Waals surface area contributed by atoms with Gasteiger partial charge in [0.25, 0.3) is 5.56 Å². The fourth-order valence-electron chi connectivity index (χ4n) is 3.11. The Bertz CT molecular complexity index is 731. The number of aryl methyl sites for hydroxylation is 2. The van der Waals surface area contributed by atoms with Crippen molar-refractivity contribution in [3.05, 3.63) is 39.8 Å². The first kappa shape index (κ1) is 15.4. The Morgan fingerprint density at radius 3 is 3.23 bits per heavy atom. The smallest absolute Gasteiger partial charge is 0.262 e. The van der Waals surface area contributed by atoms with Crippen LogP contribution in [0.15, 0.2) is 23.8 Å². The first-order chi connectivity index (χ1) is 10.7. The third-order valence-corrected chi connectivity index (χ3v) is 5.50. The molecule has 1 unspecified atom stereocenters. The number of thiophene rings is 1. The molecule has 4 nitrogen and oxygen atoms in total. The van der Waals surface area contributed by atoms with Crippen LogP contribution in [0.25, 0.3) is 10.2 Å². The van der Waals surface area contributed by atoms with Gasteiger partial charge in [-0.15, -0.1) is 17.9 Å². The van der Waals surface area contributed by atoms with Crippen molar-refractivity contribution in [3.8, 4) is 0 Å². The van der Waals surface area contributed by atoms with E-state index in [4.69, 9.17) is 0 Å². The van der Waals surface area contributed by atoms with E-state index < -0.39 is 0 Å². The van der Waals surface area contributed by atoms with Crippen molar-refractivity contribution in [1.82, 2.24) is 14.9 Å². The van der Waals surface area contributed by atoms with Gasteiger partial charge in [0.1, 0.15) is 4.83 Å². The Kier molecular flexibility index (Phi) is 4.74. The minimum atomic E-state index is 0.147. The Morgan fingerprint density at radius 2 is 2.45 bits per heavy atom. The molecular formula is C17H23N3OS. The van der Waals surface area contributed by atoms with Gasteiger partial charge in [0.05, 0.1) is 11.7 Å². The van der Waals surface area contributed by atoms with Gasteiger partial charge in [0.15, 0.2) is 0 Å². The SMILES string of the molecule is C=CCNC1CCc2c(sc3ncn(CCCC)c(=O)c23)C1. The maximum absolute atomic E-state index is 12.7. The van der Waals surface area contributed by atoms with Crippen molar-refractivity contribution in [2.45, 2.75) is 51.6 Å². The molecule has 0 amide bonds. The van der Waals surface area contributed by atoms with E-state index in [0.29, 0.717) is 6.04 Å². The third-order valence-electron chi connectivity index (χ3n) is 4.34. The van der Waals surface area contributed by atoms with Gasteiger partial charge >= 0.3 is 0 Å². The van der Waals surface area contributed by atoms with Crippen molar-refractivity contribution in [2.75, 3.05) is 6.54 Å². The molecule has 118 valence electrons. The van der Waals surface area contributed by atoms with E-state index in [1.807, 2.05) is 6.08 Å². The highest BCUT2D eigenvalue weighted by molar-refractivity contribution is 7.18. The van der Waals surface area contributed by atoms with E-state index in [0.717, 1.165) is 55.4 Å². The van der Waals surface area contributed by atoms with Crippen LogP contribution in [-0.4, -0.2) is 22.1 Å². The highest BCUT2D eigenvalue weighted by atomic mass is 32.1. The molecule has 0 bridgehead atoms. The van der Waals surface area contributed by atoms with Crippen LogP contribution in [-0.2, 0) is 19.4 Å². The summed E-state index contributed by atoms with van der Waals surface area (Å²) in [4.78, 5) is 19.5. The molecule has 0 radical (unpaired) electrons. The van der Waals surface area contributed by atoms with Gasteiger partial charge in [-0.1, -0.05) is 19.4 Å². The topological polar surface area (TPSA) is 46.9 Å². The van der Waals surface area contributed by atoms with Crippen LogP contribution in [0.4, 0.5) is 0 Å². The number of hydrogen-bond donors (Lipinski definition) is 1. The predicted octanol–water partition coefficient (Wildman–Crippen LogP) is 2.89. The van der Waals surface area contributed by atoms with Gasteiger partial charge in [-0.2, -0.15) is 0 Å². The monoisotopic (exact) mass is 317 g/mol. The molecule has 1 atom stereocenters. The highest BCUT2D eigenvalue weighted by Crippen LogP contribution is 2.33. The Balaban J connectivity index is 1.93. The van der Waals surface area contributed by atoms with E-state index in [9.17, 15) is 4.79 Å². The summed E-state index contributed by atoms with van der Waals surface area (Å²) in [6, 6.07) is 0.487. The predicted molar refractivity (Wildman–Crippen MR) is 92.8 cm³/mol. The molecule has 3 rings (SSSR count). The fourth-order valence-corrected chi connectivity index (χ4v) is 4.37. The molecular weight excluding hydrogens is 294 g/mol. The third kappa shape index (κ3) is 2.88. The fraction of sp³-hybridized carbons (Fsp3) is 0.529. The largest absolute Gasteiger partial charge is 0.310 e. The van der Waals surface area contributed by atoms with Gasteiger partial charge < -0.3 is 5.32 Å². The number of aromatic nitrogens is 2. The molecule has 22 heavy (non-hydrogen) atoms. The van der Waals surface area contributed by atoms with Crippen LogP contribution in [0.2, 0.25) is 0 Å². The zero-order valence-electron chi connectivity index (χ0n) is 13.1. The average molecular weight is 317 g/mol. The summed E-state index contributed by atoms with van der Waals surface area (Å²) < 4.78 is 1.78. The highest BCUT2D eigenvalue weighted by Gasteiger charge is 2.24. The molecule has 0 aliphatic heterocycles. The quantitative estimate of drug-likeness (QED) is 0.833. The van der Waals surface area contributed by atoms with Gasteiger partial charge in [-0.25, -0.2) is 4.98 Å². The lowest BCUT2D eigenvalue weighted by atomic mass is 9.93. The van der Waals surface area contributed by atoms with Crippen molar-refractivity contribution >= 4 is 21.6 Å². The van der Waals surface area contributed by atoms with Crippen LogP contribution >= 0.6 is 11.3 Å². The van der Waals surface area contributed by atoms with E-state index in [1.165, 1.54) is 10.4 Å². The molecule has 2 aromatic rings. The molecule has 0 spiro atoms. The normalized spacial score (nSPS) is 17.6. The second kappa shape index (κ2) is 6.75. The molecule has 0 fully saturated rings. The minimum Gasteiger partial charge on any atom is -0.310 e. The Morgan fingerprint density at radius 1 is 1.59 bits per heavy atom. The molecule has 0 saturated carbocycles. The van der Waals surface area contributed by atoms with E-state index >= 15 is 0 Å². The maximum atomic E-state index is 12.7. The van der Waals surface area contributed by atoms with Crippen molar-refractivity contribution in [3.63, 3.8) is 0 Å². The van der Waals surface area contributed by atoms with Gasteiger partial charge in [-0.05, 0) is 31.2 Å². The summed E-state index contributed by atoms with van der Waals surface area (Å²) in [7, 11) is 0. The molecule has 0 aromatic carbocycles. The van der Waals surface area contributed by atoms with Crippen LogP contribution in [0, 0.1) is 0 Å². The summed E-state index contributed by atoms with van der Waals surface area (Å²) >= 11 is 1.69. The standard InChI is InChI=1S/C17H23N3OS/c1-3-5-9-20-11-19-16-15(17(20)21)13-7-6-12(18-8-4-2)10-14(13)22-16/h4,11-12,18H,2-3,5-10H2,1H3. The molecule has 2 aromatic heterocycles. The van der Waals surface area contributed by atoms with Crippen molar-refractivity contribution in [1.29, 1.82) is 0 Å². The Hall–Kier alpha value is -1.46. The zero-order chi connectivity index (χ0) is 15.5. The van der Waals surface area contributed by atoms with Crippen LogP contribution in [0.1, 0.15) is 36.6 Å². The zero-order valence-corrected chi connectivity index (χ0v) is 13.9. The maximum Gasteiger partial charge on any atom is 0.262 e. The van der Waals surface area contributed by atoms with Crippen LogP contribution in [0.5, 0.6) is 0 Å². The molecule has 1 aliphatic carbocycles. The molecule has 2 heterocycles. The van der Waals surface area contributed by atoms with Gasteiger partial charge in [-0.3, -0.25) is 9.36 Å². The molecule has 5 heteroatoms. The number of fused-ring (bicyclic) bond motifs is 3. The van der Waals surface area contributed by atoms with Crippen molar-refractivity contribution in [2.24, 2.45) is 0 Å². The second-order valence-electron chi connectivity index (χ2n) is 5.92. The first-order valence-corrected chi connectivity index (χ1v) is 8.90. The number of nitrogens with one attached hydrogen (secondary N) is 1. The summed E-state index contributed by atoms with van der Waals surface area (Å²) in [6.07, 6.45) is 8.77. The summed E-state index contributed by atoms with van der Waals surface area (Å²) in [6.45, 7) is 7.51. The molecule has 1 N–H and O–H groups in total. The van der Waals surface area contributed by atoms with Gasteiger partial charge in [0.2, 0.25) is 0 Å². The minimum absolute atomic E-state index is 0.147. The van der Waals surface area contributed by atoms with E-state index in [-0.39, 0.29) is 5.56 Å². The van der Waals surface area contributed by atoms with Crippen molar-refractivity contribution < 1.29 is 0 Å². The number of nitrogens with zero attached hydrogens (tertiary/aromatic N) is 2. The summed E-state index contributed by atoms with van der Waals surface area (Å²) in [5, 5.41) is 4.37. The molecule has 1 aliphatic rings. The lowest BCUT2D eigenvalue weighted by Crippen LogP contribution is -2.34. The van der Waals surface area contributed by atoms with Gasteiger partial charge in [0, 0.05) is 24.0 Å². The van der Waals surface area contributed by atoms with E-state index in [1.54, 1.807) is 22.2 Å². The molecule has 0 saturated heterocycles. The summed E-state index contributed by atoms with van der Waals surface area (Å²) in [5.74, 6) is 0. The summed E-state index contributed by atoms with van der Waals surface area (Å²) in [5.41, 5.74) is 1.40. The van der Waals surface area contributed by atoms with Crippen LogP contribution in [0.3, 0.4) is 0 Å². The number of hydrogen-bond acceptors (Lipinski definition) is 4. The van der Waals surface area contributed by atoms with Crippen LogP contribution < -0.4 is 10.9 Å². The Labute approximate surface area is 134 Å². The van der Waals surface area contributed by atoms with E-state index in [2.05, 4.69) is 23.8 Å².